The smallest absolute Gasteiger partial charge is 0.218 e. The van der Waals surface area contributed by atoms with Crippen LogP contribution in [-0.2, 0) is 20.7 Å². The predicted octanol–water partition coefficient (Wildman–Crippen LogP) is 1.64. The number of nitrogens with one attached hydrogen (secondary N) is 1. The van der Waals surface area contributed by atoms with Crippen LogP contribution in [0.1, 0.15) is 12.5 Å². The normalized spacial score (nSPS) is 18.4. The minimum absolute atomic E-state index is 0.153. The molecule has 5 heteroatoms. The van der Waals surface area contributed by atoms with Crippen molar-refractivity contribution < 1.29 is 18.8 Å². The van der Waals surface area contributed by atoms with Crippen LogP contribution in [0.4, 0.5) is 5.69 Å². The first-order valence-corrected chi connectivity index (χ1v) is 7.34. The number of carbonyl (C=O) groups excluding carboxylic acids is 1. The van der Waals surface area contributed by atoms with Crippen LogP contribution >= 0.6 is 0 Å². The minimum atomic E-state index is -0.502. The van der Waals surface area contributed by atoms with Gasteiger partial charge in [-0.25, -0.2) is 0 Å². The summed E-state index contributed by atoms with van der Waals surface area (Å²) in [5.74, 6) is -0.153. The van der Waals surface area contributed by atoms with Gasteiger partial charge in [0, 0.05) is 45.3 Å². The van der Waals surface area contributed by atoms with Crippen molar-refractivity contribution in [2.45, 2.75) is 25.7 Å². The second kappa shape index (κ2) is 7.87. The second-order valence-electron chi connectivity index (χ2n) is 5.16. The highest BCUT2D eigenvalue weighted by molar-refractivity contribution is 5.73. The Morgan fingerprint density at radius 3 is 2.77 bits per heavy atom. The van der Waals surface area contributed by atoms with E-state index in [0.717, 1.165) is 13.0 Å². The number of rotatable bonds is 6. The molecule has 5 nitrogen and oxygen atoms in total. The van der Waals surface area contributed by atoms with Crippen LogP contribution in [0.2, 0.25) is 0 Å². The number of benzene rings is 1. The molecule has 1 aromatic carbocycles. The number of ether oxygens (including phenoxy) is 2. The van der Waals surface area contributed by atoms with Gasteiger partial charge in [0.15, 0.2) is 19.0 Å². The first-order chi connectivity index (χ1) is 10.7. The van der Waals surface area contributed by atoms with Gasteiger partial charge in [-0.3, -0.25) is 4.79 Å². The first kappa shape index (κ1) is 16.4. The molecule has 0 saturated heterocycles. The molecule has 0 bridgehead atoms. The Morgan fingerprint density at radius 2 is 2.09 bits per heavy atom. The molecule has 1 amide bonds. The Labute approximate surface area is 131 Å². The number of hydrogen-bond acceptors (Lipinski definition) is 3. The van der Waals surface area contributed by atoms with E-state index in [4.69, 9.17) is 9.47 Å². The van der Waals surface area contributed by atoms with E-state index in [9.17, 15) is 4.79 Å². The minimum Gasteiger partial charge on any atom is -0.373 e. The van der Waals surface area contributed by atoms with Crippen molar-refractivity contribution in [3.63, 3.8) is 0 Å². The summed E-state index contributed by atoms with van der Waals surface area (Å²) < 4.78 is 12.8. The lowest BCUT2D eigenvalue weighted by molar-refractivity contribution is -0.423. The largest absolute Gasteiger partial charge is 0.373 e. The Kier molecular flexibility index (Phi) is 5.86. The number of fused-ring (bicyclic) bond motifs is 1. The number of para-hydroxylation sites is 1. The van der Waals surface area contributed by atoms with Gasteiger partial charge in [-0.2, -0.15) is 4.58 Å². The standard InChI is InChI=1S/C17H22N2O3/c1-13(20)18-17(22-3)16(21-2)9-6-11-19-12-10-14-7-4-5-8-15(14)19/h4-9,11,16-17H,10,12H2,1-3H3/p+1/b9-6+,19-11?/t16-,17+/m1/s1. The summed E-state index contributed by atoms with van der Waals surface area (Å²) in [4.78, 5) is 11.2. The average Bonchev–Trinajstić information content (AvgIpc) is 2.93. The third-order valence-corrected chi connectivity index (χ3v) is 3.66. The van der Waals surface area contributed by atoms with Gasteiger partial charge in [-0.05, 0) is 6.08 Å². The van der Waals surface area contributed by atoms with Crippen molar-refractivity contribution in [2.75, 3.05) is 20.8 Å². The average molecular weight is 303 g/mol. The molecule has 0 radical (unpaired) electrons. The highest BCUT2D eigenvalue weighted by Gasteiger charge is 2.22. The Balaban J connectivity index is 2.07. The van der Waals surface area contributed by atoms with Gasteiger partial charge < -0.3 is 14.8 Å². The van der Waals surface area contributed by atoms with E-state index in [1.165, 1.54) is 18.2 Å². The second-order valence-corrected chi connectivity index (χ2v) is 5.16. The Morgan fingerprint density at radius 1 is 1.32 bits per heavy atom. The summed E-state index contributed by atoms with van der Waals surface area (Å²) in [7, 11) is 3.13. The zero-order valence-electron chi connectivity index (χ0n) is 13.3. The van der Waals surface area contributed by atoms with E-state index < -0.39 is 6.23 Å². The van der Waals surface area contributed by atoms with E-state index in [2.05, 4.69) is 28.1 Å². The third-order valence-electron chi connectivity index (χ3n) is 3.66. The number of carbonyl (C=O) groups is 1. The molecule has 2 rings (SSSR count). The van der Waals surface area contributed by atoms with E-state index in [0.29, 0.717) is 0 Å². The molecule has 1 N–H and O–H groups in total. The van der Waals surface area contributed by atoms with Gasteiger partial charge in [-0.1, -0.05) is 18.2 Å². The summed E-state index contributed by atoms with van der Waals surface area (Å²) in [6.07, 6.45) is 6.05. The fourth-order valence-corrected chi connectivity index (χ4v) is 2.56. The molecule has 1 heterocycles. The van der Waals surface area contributed by atoms with Gasteiger partial charge in [0.05, 0.1) is 0 Å². The molecule has 2 atom stereocenters. The lowest BCUT2D eigenvalue weighted by Gasteiger charge is -2.22. The molecule has 1 aromatic rings. The highest BCUT2D eigenvalue weighted by atomic mass is 16.5. The van der Waals surface area contributed by atoms with Crippen molar-refractivity contribution in [1.29, 1.82) is 0 Å². The Bertz CT molecular complexity index is 581. The van der Waals surface area contributed by atoms with Gasteiger partial charge >= 0.3 is 0 Å². The zero-order valence-corrected chi connectivity index (χ0v) is 13.3. The van der Waals surface area contributed by atoms with Gasteiger partial charge in [0.2, 0.25) is 11.6 Å². The zero-order chi connectivity index (χ0) is 15.9. The molecule has 1 aliphatic rings. The Hall–Kier alpha value is -1.98. The van der Waals surface area contributed by atoms with E-state index >= 15 is 0 Å². The van der Waals surface area contributed by atoms with Crippen molar-refractivity contribution >= 4 is 17.8 Å². The van der Waals surface area contributed by atoms with Crippen molar-refractivity contribution in [1.82, 2.24) is 5.32 Å². The summed E-state index contributed by atoms with van der Waals surface area (Å²) in [6, 6.07) is 8.39. The number of methoxy groups -OCH3 is 2. The van der Waals surface area contributed by atoms with Crippen molar-refractivity contribution in [2.24, 2.45) is 0 Å². The van der Waals surface area contributed by atoms with Gasteiger partial charge in [0.1, 0.15) is 6.10 Å². The molecular formula is C17H23N2O3+. The van der Waals surface area contributed by atoms with Crippen molar-refractivity contribution in [3.8, 4) is 0 Å². The molecule has 0 unspecified atom stereocenters. The first-order valence-electron chi connectivity index (χ1n) is 7.34. The van der Waals surface area contributed by atoms with E-state index in [1.54, 1.807) is 14.2 Å². The molecule has 0 aliphatic carbocycles. The van der Waals surface area contributed by atoms with Crippen LogP contribution in [0.3, 0.4) is 0 Å². The van der Waals surface area contributed by atoms with E-state index in [-0.39, 0.29) is 12.0 Å². The maximum Gasteiger partial charge on any atom is 0.218 e. The van der Waals surface area contributed by atoms with Crippen LogP contribution < -0.4 is 5.32 Å². The quantitative estimate of drug-likeness (QED) is 0.642. The van der Waals surface area contributed by atoms with Crippen LogP contribution in [-0.4, -0.2) is 49.8 Å². The summed E-state index contributed by atoms with van der Waals surface area (Å²) in [5.41, 5.74) is 2.61. The fraction of sp³-hybridized carbons (Fsp3) is 0.412. The van der Waals surface area contributed by atoms with E-state index in [1.807, 2.05) is 24.4 Å². The molecular weight excluding hydrogens is 280 g/mol. The lowest BCUT2D eigenvalue weighted by atomic mass is 10.2. The van der Waals surface area contributed by atoms with Crippen molar-refractivity contribution in [3.05, 3.63) is 42.0 Å². The number of hydrogen-bond donors (Lipinski definition) is 1. The maximum atomic E-state index is 11.2. The molecule has 0 spiro atoms. The number of nitrogens with zero attached hydrogens (tertiary/aromatic N) is 1. The summed E-state index contributed by atoms with van der Waals surface area (Å²) >= 11 is 0. The fourth-order valence-electron chi connectivity index (χ4n) is 2.56. The molecule has 0 aromatic heterocycles. The summed E-state index contributed by atoms with van der Waals surface area (Å²) in [6.45, 7) is 2.43. The molecule has 1 aliphatic heterocycles. The molecule has 0 saturated carbocycles. The third kappa shape index (κ3) is 4.02. The van der Waals surface area contributed by atoms with Crippen LogP contribution in [0.5, 0.6) is 0 Å². The molecule has 0 fully saturated rings. The molecule has 118 valence electrons. The maximum absolute atomic E-state index is 11.2. The van der Waals surface area contributed by atoms with Crippen LogP contribution in [0.25, 0.3) is 0 Å². The number of allylic oxidation sites excluding steroid dienone is 1. The van der Waals surface area contributed by atoms with Gasteiger partial charge in [0.25, 0.3) is 0 Å². The highest BCUT2D eigenvalue weighted by Crippen LogP contribution is 2.24. The number of amides is 1. The molecule has 22 heavy (non-hydrogen) atoms. The van der Waals surface area contributed by atoms with Crippen LogP contribution in [0.15, 0.2) is 36.4 Å². The monoisotopic (exact) mass is 303 g/mol. The van der Waals surface area contributed by atoms with Gasteiger partial charge in [-0.15, -0.1) is 0 Å². The lowest BCUT2D eigenvalue weighted by Crippen LogP contribution is -2.43. The predicted molar refractivity (Wildman–Crippen MR) is 85.5 cm³/mol. The van der Waals surface area contributed by atoms with Crippen LogP contribution in [0, 0.1) is 0 Å². The SMILES string of the molecule is CO[C@H](/C=C/C=[N+]1CCc2ccccc21)[C@@H](NC(C)=O)OC. The topological polar surface area (TPSA) is 50.6 Å². The summed E-state index contributed by atoms with van der Waals surface area (Å²) in [5, 5.41) is 2.71.